The quantitative estimate of drug-likeness (QED) is 0.274. The summed E-state index contributed by atoms with van der Waals surface area (Å²) in [4.78, 5) is 0. The fourth-order valence-electron chi connectivity index (χ4n) is 2.73. The first-order chi connectivity index (χ1) is 12.2. The Kier molecular flexibility index (Phi) is 8.16. The van der Waals surface area contributed by atoms with E-state index in [-0.39, 0.29) is 13.2 Å². The predicted molar refractivity (Wildman–Crippen MR) is 85.8 cm³/mol. The number of hydrogen-bond acceptors (Lipinski definition) is 10. The van der Waals surface area contributed by atoms with Crippen LogP contribution in [0.5, 0.6) is 0 Å². The highest BCUT2D eigenvalue weighted by Gasteiger charge is 2.45. The Bertz CT molecular complexity index is 422. The second-order valence-corrected chi connectivity index (χ2v) is 7.15. The molecular formula is C16H30O10. The molecule has 2 rings (SSSR count). The number of ether oxygens (including phenoxy) is 4. The molecule has 0 saturated carbocycles. The normalized spacial score (nSPS) is 44.4. The molecule has 2 aliphatic rings. The molecule has 0 spiro atoms. The smallest absolute Gasteiger partial charge is 0.186 e. The Balaban J connectivity index is 1.88. The Morgan fingerprint density at radius 1 is 0.846 bits per heavy atom. The summed E-state index contributed by atoms with van der Waals surface area (Å²) in [5.41, 5.74) is 0. The molecule has 2 fully saturated rings. The minimum atomic E-state index is -1.49. The zero-order valence-electron chi connectivity index (χ0n) is 14.9. The first kappa shape index (κ1) is 21.9. The van der Waals surface area contributed by atoms with Gasteiger partial charge < -0.3 is 49.6 Å². The Labute approximate surface area is 151 Å². The van der Waals surface area contributed by atoms with E-state index in [2.05, 4.69) is 0 Å². The number of rotatable bonds is 7. The maximum absolute atomic E-state index is 10.1. The van der Waals surface area contributed by atoms with Gasteiger partial charge in [0.05, 0.1) is 19.8 Å². The highest BCUT2D eigenvalue weighted by molar-refractivity contribution is 4.90. The maximum atomic E-state index is 10.1. The van der Waals surface area contributed by atoms with Gasteiger partial charge in [-0.25, -0.2) is 0 Å². The van der Waals surface area contributed by atoms with Crippen LogP contribution in [0.25, 0.3) is 0 Å². The molecule has 0 aromatic carbocycles. The topological polar surface area (TPSA) is 158 Å². The molecular weight excluding hydrogens is 352 g/mol. The van der Waals surface area contributed by atoms with Crippen LogP contribution in [0.15, 0.2) is 0 Å². The molecule has 10 heteroatoms. The summed E-state index contributed by atoms with van der Waals surface area (Å²) >= 11 is 0. The lowest BCUT2D eigenvalue weighted by Gasteiger charge is -2.41. The highest BCUT2D eigenvalue weighted by Crippen LogP contribution is 2.24. The maximum Gasteiger partial charge on any atom is 0.186 e. The predicted octanol–water partition coefficient (Wildman–Crippen LogP) is -2.69. The monoisotopic (exact) mass is 382 g/mol. The van der Waals surface area contributed by atoms with Crippen molar-refractivity contribution < 1.29 is 49.6 Å². The van der Waals surface area contributed by atoms with Crippen LogP contribution in [0, 0.1) is 5.92 Å². The highest BCUT2D eigenvalue weighted by atomic mass is 16.7. The lowest BCUT2D eigenvalue weighted by molar-refractivity contribution is -0.321. The summed E-state index contributed by atoms with van der Waals surface area (Å²) in [6.45, 7) is 3.82. The molecule has 154 valence electrons. The average molecular weight is 382 g/mol. The largest absolute Gasteiger partial charge is 0.388 e. The van der Waals surface area contributed by atoms with Gasteiger partial charge in [0.15, 0.2) is 12.6 Å². The van der Waals surface area contributed by atoms with Gasteiger partial charge in [0.2, 0.25) is 0 Å². The fourth-order valence-corrected chi connectivity index (χ4v) is 2.73. The van der Waals surface area contributed by atoms with E-state index in [9.17, 15) is 30.6 Å². The minimum Gasteiger partial charge on any atom is -0.388 e. The SMILES string of the molecule is CC(C)CCOC1OC(COC2OCC(O)C(O)C2O)C(O)C(O)C1O. The molecule has 0 aromatic heterocycles. The summed E-state index contributed by atoms with van der Waals surface area (Å²) in [6.07, 6.45) is -11.2. The molecule has 9 unspecified atom stereocenters. The average Bonchev–Trinajstić information content (AvgIpc) is 2.60. The second-order valence-electron chi connectivity index (χ2n) is 7.15. The third-order valence-corrected chi connectivity index (χ3v) is 4.52. The lowest BCUT2D eigenvalue weighted by atomic mass is 9.99. The van der Waals surface area contributed by atoms with Crippen molar-refractivity contribution in [3.8, 4) is 0 Å². The molecule has 6 N–H and O–H groups in total. The molecule has 2 saturated heterocycles. The van der Waals surface area contributed by atoms with Gasteiger partial charge >= 0.3 is 0 Å². The number of aliphatic hydroxyl groups excluding tert-OH is 6. The van der Waals surface area contributed by atoms with E-state index < -0.39 is 55.3 Å². The summed E-state index contributed by atoms with van der Waals surface area (Å²) in [6, 6.07) is 0. The summed E-state index contributed by atoms with van der Waals surface area (Å²) < 4.78 is 21.4. The van der Waals surface area contributed by atoms with Gasteiger partial charge in [-0.05, 0) is 12.3 Å². The van der Waals surface area contributed by atoms with Crippen molar-refractivity contribution in [2.75, 3.05) is 19.8 Å². The molecule has 2 heterocycles. The fraction of sp³-hybridized carbons (Fsp3) is 1.00. The summed E-state index contributed by atoms with van der Waals surface area (Å²) in [7, 11) is 0. The zero-order valence-corrected chi connectivity index (χ0v) is 14.9. The van der Waals surface area contributed by atoms with Crippen molar-refractivity contribution >= 4 is 0 Å². The van der Waals surface area contributed by atoms with E-state index in [0.717, 1.165) is 6.42 Å². The lowest BCUT2D eigenvalue weighted by Crippen LogP contribution is -2.60. The van der Waals surface area contributed by atoms with Crippen molar-refractivity contribution in [1.82, 2.24) is 0 Å². The standard InChI is InChI=1S/C16H30O10/c1-7(2)3-4-23-16-14(22)12(20)11(19)9(26-16)6-25-15-13(21)10(18)8(17)5-24-15/h7-22H,3-6H2,1-2H3. The first-order valence-electron chi connectivity index (χ1n) is 8.81. The van der Waals surface area contributed by atoms with E-state index in [1.165, 1.54) is 0 Å². The zero-order chi connectivity index (χ0) is 19.4. The van der Waals surface area contributed by atoms with Crippen LogP contribution in [0.4, 0.5) is 0 Å². The minimum absolute atomic E-state index is 0.223. The van der Waals surface area contributed by atoms with Crippen LogP contribution in [0.3, 0.4) is 0 Å². The van der Waals surface area contributed by atoms with E-state index in [1.807, 2.05) is 13.8 Å². The summed E-state index contributed by atoms with van der Waals surface area (Å²) in [5, 5.41) is 58.9. The van der Waals surface area contributed by atoms with Gasteiger partial charge in [-0.15, -0.1) is 0 Å². The van der Waals surface area contributed by atoms with E-state index in [4.69, 9.17) is 18.9 Å². The van der Waals surface area contributed by atoms with Crippen molar-refractivity contribution in [1.29, 1.82) is 0 Å². The van der Waals surface area contributed by atoms with Crippen molar-refractivity contribution in [2.24, 2.45) is 5.92 Å². The van der Waals surface area contributed by atoms with Gasteiger partial charge in [0.1, 0.15) is 42.7 Å². The number of aliphatic hydroxyl groups is 6. The Morgan fingerprint density at radius 3 is 2.15 bits per heavy atom. The van der Waals surface area contributed by atoms with Crippen molar-refractivity contribution in [3.05, 3.63) is 0 Å². The van der Waals surface area contributed by atoms with E-state index >= 15 is 0 Å². The van der Waals surface area contributed by atoms with E-state index in [1.54, 1.807) is 0 Å². The summed E-state index contributed by atoms with van der Waals surface area (Å²) in [5.74, 6) is 0.386. The molecule has 10 nitrogen and oxygen atoms in total. The molecule has 0 aromatic rings. The van der Waals surface area contributed by atoms with Gasteiger partial charge in [0.25, 0.3) is 0 Å². The van der Waals surface area contributed by atoms with Gasteiger partial charge in [-0.3, -0.25) is 0 Å². The number of hydrogen-bond donors (Lipinski definition) is 6. The Hall–Kier alpha value is -0.400. The van der Waals surface area contributed by atoms with Crippen molar-refractivity contribution in [3.63, 3.8) is 0 Å². The molecule has 0 bridgehead atoms. The van der Waals surface area contributed by atoms with Crippen molar-refractivity contribution in [2.45, 2.75) is 75.6 Å². The van der Waals surface area contributed by atoms with Crippen LogP contribution in [-0.2, 0) is 18.9 Å². The third-order valence-electron chi connectivity index (χ3n) is 4.52. The second kappa shape index (κ2) is 9.69. The van der Waals surface area contributed by atoms with Gasteiger partial charge in [-0.2, -0.15) is 0 Å². The van der Waals surface area contributed by atoms with Gasteiger partial charge in [-0.1, -0.05) is 13.8 Å². The molecule has 26 heavy (non-hydrogen) atoms. The third kappa shape index (κ3) is 5.32. The molecule has 0 aliphatic carbocycles. The van der Waals surface area contributed by atoms with Crippen LogP contribution < -0.4 is 0 Å². The van der Waals surface area contributed by atoms with Crippen LogP contribution >= 0.6 is 0 Å². The Morgan fingerprint density at radius 2 is 1.50 bits per heavy atom. The molecule has 0 amide bonds. The van der Waals surface area contributed by atoms with E-state index in [0.29, 0.717) is 12.5 Å². The van der Waals surface area contributed by atoms with Crippen LogP contribution in [-0.4, -0.2) is 106 Å². The van der Waals surface area contributed by atoms with Crippen LogP contribution in [0.1, 0.15) is 20.3 Å². The van der Waals surface area contributed by atoms with Crippen LogP contribution in [0.2, 0.25) is 0 Å². The van der Waals surface area contributed by atoms with Gasteiger partial charge in [0, 0.05) is 0 Å². The molecule has 9 atom stereocenters. The molecule has 2 aliphatic heterocycles. The first-order valence-corrected chi connectivity index (χ1v) is 8.81. The molecule has 0 radical (unpaired) electrons.